The predicted molar refractivity (Wildman–Crippen MR) is 126 cm³/mol. The summed E-state index contributed by atoms with van der Waals surface area (Å²) in [6.07, 6.45) is 2.36. The Morgan fingerprint density at radius 2 is 2.09 bits per heavy atom. The maximum Gasteiger partial charge on any atom is 0.284 e. The molecule has 3 aromatic heterocycles. The lowest BCUT2D eigenvalue weighted by atomic mass is 10.0. The third-order valence-corrected chi connectivity index (χ3v) is 6.47. The highest BCUT2D eigenvalue weighted by molar-refractivity contribution is 6.33. The number of nitrogen functional groups attached to an aromatic ring is 1. The van der Waals surface area contributed by atoms with Crippen LogP contribution < -0.4 is 16.2 Å². The van der Waals surface area contributed by atoms with Crippen LogP contribution in [0.1, 0.15) is 36.5 Å². The number of benzene rings is 1. The molecule has 1 aromatic carbocycles. The van der Waals surface area contributed by atoms with E-state index in [2.05, 4.69) is 16.0 Å². The van der Waals surface area contributed by atoms with E-state index in [9.17, 15) is 14.4 Å². The fraction of sp³-hybridized carbons (Fsp3) is 0.261. The highest BCUT2D eigenvalue weighted by Crippen LogP contribution is 2.40. The Bertz CT molecular complexity index is 1540. The average molecular weight is 479 g/mol. The van der Waals surface area contributed by atoms with Crippen LogP contribution in [0, 0.1) is 30.0 Å². The van der Waals surface area contributed by atoms with Gasteiger partial charge < -0.3 is 10.6 Å². The van der Waals surface area contributed by atoms with E-state index in [4.69, 9.17) is 22.4 Å². The summed E-state index contributed by atoms with van der Waals surface area (Å²) in [5.41, 5.74) is 6.77. The van der Waals surface area contributed by atoms with E-state index in [1.807, 2.05) is 11.8 Å². The first-order valence-electron chi connectivity index (χ1n) is 10.7. The number of anilines is 2. The van der Waals surface area contributed by atoms with Gasteiger partial charge in [-0.2, -0.15) is 15.3 Å². The molecule has 0 bridgehead atoms. The molecule has 0 saturated carbocycles. The summed E-state index contributed by atoms with van der Waals surface area (Å²) in [5, 5.41) is 14.8. The Balaban J connectivity index is 1.81. The first-order valence-corrected chi connectivity index (χ1v) is 11.0. The zero-order chi connectivity index (χ0) is 24.1. The predicted octanol–water partition coefficient (Wildman–Crippen LogP) is 3.42. The zero-order valence-electron chi connectivity index (χ0n) is 18.4. The number of aromatic nitrogens is 5. The first kappa shape index (κ1) is 21.9. The molecule has 172 valence electrons. The van der Waals surface area contributed by atoms with Crippen molar-refractivity contribution in [2.45, 2.75) is 26.3 Å². The largest absolute Gasteiger partial charge is 0.368 e. The van der Waals surface area contributed by atoms with Gasteiger partial charge in [-0.3, -0.25) is 9.36 Å². The minimum atomic E-state index is -0.487. The molecule has 1 aliphatic heterocycles. The Morgan fingerprint density at radius 1 is 1.29 bits per heavy atom. The number of nitriles is 1. The van der Waals surface area contributed by atoms with Crippen LogP contribution in [0.15, 0.2) is 41.3 Å². The maximum absolute atomic E-state index is 14.2. The van der Waals surface area contributed by atoms with E-state index in [-0.39, 0.29) is 22.4 Å². The lowest BCUT2D eigenvalue weighted by molar-refractivity contribution is 0.484. The number of hydrogen-bond acceptors (Lipinski definition) is 7. The number of hydrogen-bond donors (Lipinski definition) is 1. The Hall–Kier alpha value is -3.97. The minimum Gasteiger partial charge on any atom is -0.368 e. The molecule has 0 spiro atoms. The molecule has 4 heterocycles. The van der Waals surface area contributed by atoms with Crippen LogP contribution in [0.2, 0.25) is 5.02 Å². The number of rotatable bonds is 3. The van der Waals surface area contributed by atoms with Crippen molar-refractivity contribution in [3.63, 3.8) is 0 Å². The maximum atomic E-state index is 14.2. The number of nitrogens with zero attached hydrogens (tertiary/aromatic N) is 7. The van der Waals surface area contributed by atoms with Crippen LogP contribution in [0.3, 0.4) is 0 Å². The molecule has 0 aliphatic carbocycles. The standard InChI is InChI=1S/C23H20ClFN8O/c1-12-6-8-31(20-16(11-26)13(2)28-23(27)29-20)18(12)21-30-32-9-7-17(24)19(32)22(34)33(21)15-5-3-4-14(25)10-15/h3-5,7,9-10,12,18H,6,8H2,1-2H3,(H2,27,28,29). The summed E-state index contributed by atoms with van der Waals surface area (Å²) in [5.74, 6) is 0.344. The molecule has 0 amide bonds. The topological polar surface area (TPSA) is 118 Å². The van der Waals surface area contributed by atoms with Crippen molar-refractivity contribution in [1.29, 1.82) is 5.26 Å². The van der Waals surface area contributed by atoms with Crippen LogP contribution >= 0.6 is 11.6 Å². The van der Waals surface area contributed by atoms with Crippen molar-refractivity contribution in [2.75, 3.05) is 17.2 Å². The summed E-state index contributed by atoms with van der Waals surface area (Å²) < 4.78 is 17.0. The van der Waals surface area contributed by atoms with Crippen molar-refractivity contribution >= 4 is 28.9 Å². The minimum absolute atomic E-state index is 0.0261. The fourth-order valence-electron chi connectivity index (χ4n) is 4.60. The van der Waals surface area contributed by atoms with Gasteiger partial charge in [0.25, 0.3) is 5.56 Å². The van der Waals surface area contributed by atoms with Gasteiger partial charge in [0, 0.05) is 12.7 Å². The van der Waals surface area contributed by atoms with Gasteiger partial charge in [0.1, 0.15) is 23.0 Å². The fourth-order valence-corrected chi connectivity index (χ4v) is 4.82. The SMILES string of the molecule is Cc1nc(N)nc(N2CCC(C)C2c2nn3ccc(Cl)c3c(=O)n2-c2cccc(F)c2)c1C#N. The molecule has 4 aromatic rings. The van der Waals surface area contributed by atoms with Gasteiger partial charge >= 0.3 is 0 Å². The van der Waals surface area contributed by atoms with Gasteiger partial charge in [-0.05, 0) is 43.5 Å². The molecule has 2 atom stereocenters. The van der Waals surface area contributed by atoms with Gasteiger partial charge in [-0.1, -0.05) is 24.6 Å². The van der Waals surface area contributed by atoms with Crippen molar-refractivity contribution in [3.05, 3.63) is 74.8 Å². The van der Waals surface area contributed by atoms with Gasteiger partial charge in [-0.15, -0.1) is 0 Å². The lowest BCUT2D eigenvalue weighted by Gasteiger charge is -2.30. The molecule has 11 heteroatoms. The third kappa shape index (κ3) is 3.36. The monoisotopic (exact) mass is 478 g/mol. The highest BCUT2D eigenvalue weighted by Gasteiger charge is 2.39. The zero-order valence-corrected chi connectivity index (χ0v) is 19.2. The van der Waals surface area contributed by atoms with E-state index in [1.165, 1.54) is 27.3 Å². The van der Waals surface area contributed by atoms with E-state index < -0.39 is 17.4 Å². The molecular formula is C23H20ClFN8O. The van der Waals surface area contributed by atoms with Crippen molar-refractivity contribution < 1.29 is 4.39 Å². The molecule has 0 radical (unpaired) electrons. The van der Waals surface area contributed by atoms with Crippen molar-refractivity contribution in [1.82, 2.24) is 24.1 Å². The summed E-state index contributed by atoms with van der Waals surface area (Å²) in [4.78, 5) is 24.1. The van der Waals surface area contributed by atoms with Gasteiger partial charge in [0.05, 0.1) is 22.4 Å². The molecular weight excluding hydrogens is 459 g/mol. The van der Waals surface area contributed by atoms with Crippen LogP contribution in [-0.4, -0.2) is 30.7 Å². The Labute approximate surface area is 198 Å². The van der Waals surface area contributed by atoms with E-state index >= 15 is 0 Å². The smallest absolute Gasteiger partial charge is 0.284 e. The van der Waals surface area contributed by atoms with Gasteiger partial charge in [0.2, 0.25) is 5.95 Å². The summed E-state index contributed by atoms with van der Waals surface area (Å²) in [6, 6.07) is 9.05. The molecule has 1 saturated heterocycles. The third-order valence-electron chi connectivity index (χ3n) is 6.17. The molecule has 2 N–H and O–H groups in total. The highest BCUT2D eigenvalue weighted by atomic mass is 35.5. The van der Waals surface area contributed by atoms with E-state index in [0.29, 0.717) is 35.1 Å². The number of fused-ring (bicyclic) bond motifs is 1. The summed E-state index contributed by atoms with van der Waals surface area (Å²) in [6.45, 7) is 4.28. The van der Waals surface area contributed by atoms with Crippen molar-refractivity contribution in [3.8, 4) is 11.8 Å². The van der Waals surface area contributed by atoms with E-state index in [0.717, 1.165) is 6.42 Å². The van der Waals surface area contributed by atoms with Gasteiger partial charge in [-0.25, -0.2) is 13.9 Å². The summed E-state index contributed by atoms with van der Waals surface area (Å²) >= 11 is 6.28. The molecule has 2 unspecified atom stereocenters. The van der Waals surface area contributed by atoms with E-state index in [1.54, 1.807) is 25.3 Å². The Morgan fingerprint density at radius 3 is 2.82 bits per heavy atom. The summed E-state index contributed by atoms with van der Waals surface area (Å²) in [7, 11) is 0. The van der Waals surface area contributed by atoms with Crippen molar-refractivity contribution in [2.24, 2.45) is 5.92 Å². The Kier molecular flexibility index (Phi) is 5.21. The second kappa shape index (κ2) is 8.11. The normalized spacial score (nSPS) is 17.9. The van der Waals surface area contributed by atoms with Crippen LogP contribution in [0.5, 0.6) is 0 Å². The van der Waals surface area contributed by atoms with Crippen LogP contribution in [-0.2, 0) is 0 Å². The second-order valence-electron chi connectivity index (χ2n) is 8.32. The average Bonchev–Trinajstić information content (AvgIpc) is 3.35. The number of nitrogens with two attached hydrogens (primary N) is 1. The van der Waals surface area contributed by atoms with Gasteiger partial charge in [0.15, 0.2) is 11.6 Å². The molecule has 9 nitrogen and oxygen atoms in total. The molecule has 1 aliphatic rings. The molecule has 1 fully saturated rings. The second-order valence-corrected chi connectivity index (χ2v) is 8.72. The first-order chi connectivity index (χ1) is 16.3. The number of halogens is 2. The number of aryl methyl sites for hydroxylation is 1. The van der Waals surface area contributed by atoms with Crippen LogP contribution in [0.25, 0.3) is 11.2 Å². The molecule has 34 heavy (non-hydrogen) atoms. The lowest BCUT2D eigenvalue weighted by Crippen LogP contribution is -2.35. The van der Waals surface area contributed by atoms with Crippen LogP contribution in [0.4, 0.5) is 16.2 Å². The molecule has 5 rings (SSSR count). The quantitative estimate of drug-likeness (QED) is 0.479.